The zero-order chi connectivity index (χ0) is 15.7. The first-order valence-corrected chi connectivity index (χ1v) is 6.96. The maximum absolute atomic E-state index is 12.6. The molecule has 2 aromatic heterocycles. The highest BCUT2D eigenvalue weighted by Crippen LogP contribution is 2.31. The van der Waals surface area contributed by atoms with E-state index in [0.717, 1.165) is 11.6 Å². The van der Waals surface area contributed by atoms with Gasteiger partial charge >= 0.3 is 6.18 Å². The lowest BCUT2D eigenvalue weighted by molar-refractivity contribution is -0.138. The van der Waals surface area contributed by atoms with Crippen LogP contribution in [0, 0.1) is 0 Å². The molecular weight excluding hydrogens is 315 g/mol. The molecule has 22 heavy (non-hydrogen) atoms. The Balaban J connectivity index is 2.02. The molecule has 2 heterocycles. The van der Waals surface area contributed by atoms with Gasteiger partial charge < -0.3 is 0 Å². The third-order valence-corrected chi connectivity index (χ3v) is 3.71. The smallest absolute Gasteiger partial charge is 0.267 e. The zero-order valence-electron chi connectivity index (χ0n) is 10.9. The van der Waals surface area contributed by atoms with Crippen LogP contribution in [-0.4, -0.2) is 14.6 Å². The summed E-state index contributed by atoms with van der Waals surface area (Å²) in [6, 6.07) is 10.4. The van der Waals surface area contributed by atoms with Gasteiger partial charge in [0.05, 0.1) is 5.69 Å². The fourth-order valence-electron chi connectivity index (χ4n) is 1.77. The zero-order valence-corrected chi connectivity index (χ0v) is 11.7. The fourth-order valence-corrected chi connectivity index (χ4v) is 2.55. The van der Waals surface area contributed by atoms with Crippen molar-refractivity contribution < 1.29 is 13.2 Å². The predicted molar refractivity (Wildman–Crippen MR) is 77.5 cm³/mol. The van der Waals surface area contributed by atoms with Crippen LogP contribution in [0.25, 0.3) is 17.1 Å². The minimum atomic E-state index is -4.59. The summed E-state index contributed by atoms with van der Waals surface area (Å²) in [5.41, 5.74) is 0.528. The first-order chi connectivity index (χ1) is 10.4. The molecule has 4 nitrogen and oxygen atoms in total. The molecule has 0 N–H and O–H groups in total. The average Bonchev–Trinajstić information content (AvgIpc) is 2.91. The molecule has 1 aromatic carbocycles. The van der Waals surface area contributed by atoms with Crippen molar-refractivity contribution in [1.82, 2.24) is 14.6 Å². The van der Waals surface area contributed by atoms with E-state index in [1.54, 1.807) is 12.2 Å². The first-order valence-electron chi connectivity index (χ1n) is 6.15. The van der Waals surface area contributed by atoms with E-state index in [1.165, 1.54) is 0 Å². The van der Waals surface area contributed by atoms with Gasteiger partial charge in [0.15, 0.2) is 0 Å². The largest absolute Gasteiger partial charge is 0.445 e. The molecule has 0 atom stereocenters. The van der Waals surface area contributed by atoms with Gasteiger partial charge in [-0.15, -0.1) is 5.10 Å². The van der Waals surface area contributed by atoms with Crippen LogP contribution >= 0.6 is 11.3 Å². The molecule has 3 rings (SSSR count). The number of hydrogen-bond acceptors (Lipinski definition) is 4. The molecule has 0 saturated carbocycles. The highest BCUT2D eigenvalue weighted by molar-refractivity contribution is 7.16. The van der Waals surface area contributed by atoms with Crippen molar-refractivity contribution in [2.75, 3.05) is 0 Å². The normalized spacial score (nSPS) is 12.3. The van der Waals surface area contributed by atoms with Gasteiger partial charge in [-0.1, -0.05) is 47.7 Å². The molecule has 8 heteroatoms. The first kappa shape index (κ1) is 14.5. The molecule has 0 aliphatic rings. The van der Waals surface area contributed by atoms with Crippen LogP contribution in [0.15, 0.2) is 41.2 Å². The van der Waals surface area contributed by atoms with Gasteiger partial charge in [-0.2, -0.15) is 17.7 Å². The number of aromatic nitrogens is 3. The van der Waals surface area contributed by atoms with E-state index in [1.807, 2.05) is 30.3 Å². The SMILES string of the molecule is O=c1cc(C=Cc2ccccc2)nc2sc(C(F)(F)F)nn12. The van der Waals surface area contributed by atoms with Crippen LogP contribution in [0.1, 0.15) is 16.3 Å². The summed E-state index contributed by atoms with van der Waals surface area (Å²) < 4.78 is 38.5. The maximum Gasteiger partial charge on any atom is 0.445 e. The highest BCUT2D eigenvalue weighted by atomic mass is 32.1. The Morgan fingerprint density at radius 1 is 1.14 bits per heavy atom. The number of fused-ring (bicyclic) bond motifs is 1. The quantitative estimate of drug-likeness (QED) is 0.727. The molecule has 0 aliphatic carbocycles. The van der Waals surface area contributed by atoms with Gasteiger partial charge in [-0.05, 0) is 11.6 Å². The number of hydrogen-bond donors (Lipinski definition) is 0. The van der Waals surface area contributed by atoms with E-state index in [0.29, 0.717) is 15.9 Å². The second kappa shape index (κ2) is 5.38. The molecule has 0 radical (unpaired) electrons. The van der Waals surface area contributed by atoms with E-state index in [-0.39, 0.29) is 10.7 Å². The van der Waals surface area contributed by atoms with Crippen LogP contribution in [0.2, 0.25) is 0 Å². The Bertz CT molecular complexity index is 897. The van der Waals surface area contributed by atoms with E-state index in [2.05, 4.69) is 10.1 Å². The van der Waals surface area contributed by atoms with E-state index < -0.39 is 16.7 Å². The molecule has 0 unspecified atom stereocenters. The Morgan fingerprint density at radius 3 is 2.55 bits per heavy atom. The number of benzene rings is 1. The van der Waals surface area contributed by atoms with Crippen LogP contribution in [-0.2, 0) is 6.18 Å². The molecule has 0 fully saturated rings. The Morgan fingerprint density at radius 2 is 1.86 bits per heavy atom. The van der Waals surface area contributed by atoms with Crippen molar-refractivity contribution in [2.24, 2.45) is 0 Å². The van der Waals surface area contributed by atoms with Crippen LogP contribution in [0.4, 0.5) is 13.2 Å². The van der Waals surface area contributed by atoms with E-state index in [9.17, 15) is 18.0 Å². The summed E-state index contributed by atoms with van der Waals surface area (Å²) in [7, 11) is 0. The lowest BCUT2D eigenvalue weighted by Gasteiger charge is -1.97. The maximum atomic E-state index is 12.6. The molecule has 0 saturated heterocycles. The lowest BCUT2D eigenvalue weighted by Crippen LogP contribution is -2.15. The van der Waals surface area contributed by atoms with Gasteiger partial charge in [-0.3, -0.25) is 4.79 Å². The van der Waals surface area contributed by atoms with Gasteiger partial charge in [0, 0.05) is 6.07 Å². The van der Waals surface area contributed by atoms with Crippen molar-refractivity contribution in [2.45, 2.75) is 6.18 Å². The summed E-state index contributed by atoms with van der Waals surface area (Å²) in [5, 5.41) is 2.16. The molecular formula is C14H8F3N3OS. The fraction of sp³-hybridized carbons (Fsp3) is 0.0714. The third-order valence-electron chi connectivity index (χ3n) is 2.75. The molecule has 112 valence electrons. The van der Waals surface area contributed by atoms with Crippen molar-refractivity contribution >= 4 is 28.4 Å². The topological polar surface area (TPSA) is 47.3 Å². The Labute approximate surface area is 126 Å². The Kier molecular flexibility index (Phi) is 3.53. The van der Waals surface area contributed by atoms with E-state index >= 15 is 0 Å². The summed E-state index contributed by atoms with van der Waals surface area (Å²) in [4.78, 5) is 15.7. The molecule has 0 aliphatic heterocycles. The minimum Gasteiger partial charge on any atom is -0.267 e. The highest BCUT2D eigenvalue weighted by Gasteiger charge is 2.36. The van der Waals surface area contributed by atoms with Gasteiger partial charge in [0.2, 0.25) is 9.97 Å². The number of rotatable bonds is 2. The third kappa shape index (κ3) is 2.91. The number of nitrogens with zero attached hydrogens (tertiary/aromatic N) is 3. The van der Waals surface area contributed by atoms with Gasteiger partial charge in [-0.25, -0.2) is 4.98 Å². The van der Waals surface area contributed by atoms with Crippen LogP contribution in [0.3, 0.4) is 0 Å². The molecule has 0 amide bonds. The van der Waals surface area contributed by atoms with Crippen molar-refractivity contribution in [1.29, 1.82) is 0 Å². The number of alkyl halides is 3. The minimum absolute atomic E-state index is 0.0902. The van der Waals surface area contributed by atoms with Crippen LogP contribution < -0.4 is 5.56 Å². The molecule has 0 bridgehead atoms. The van der Waals surface area contributed by atoms with Crippen molar-refractivity contribution in [3.05, 3.63) is 63.0 Å². The number of halogens is 3. The van der Waals surface area contributed by atoms with Gasteiger partial charge in [0.25, 0.3) is 5.56 Å². The summed E-state index contributed by atoms with van der Waals surface area (Å²) >= 11 is 0.336. The predicted octanol–water partition coefficient (Wildman–Crippen LogP) is 3.34. The summed E-state index contributed by atoms with van der Waals surface area (Å²) in [6.07, 6.45) is -1.29. The average molecular weight is 323 g/mol. The van der Waals surface area contributed by atoms with E-state index in [4.69, 9.17) is 0 Å². The Hall–Kier alpha value is -2.48. The van der Waals surface area contributed by atoms with Crippen molar-refractivity contribution in [3.8, 4) is 0 Å². The van der Waals surface area contributed by atoms with Crippen LogP contribution in [0.5, 0.6) is 0 Å². The summed E-state index contributed by atoms with van der Waals surface area (Å²) in [6.45, 7) is 0. The second-order valence-electron chi connectivity index (χ2n) is 4.36. The van der Waals surface area contributed by atoms with Gasteiger partial charge in [0.1, 0.15) is 0 Å². The standard InChI is InChI=1S/C14H8F3N3OS/c15-14(16,17)12-19-20-11(21)8-10(18-13(20)22-12)7-6-9-4-2-1-3-5-9/h1-8H. The van der Waals surface area contributed by atoms with Crippen molar-refractivity contribution in [3.63, 3.8) is 0 Å². The summed E-state index contributed by atoms with van der Waals surface area (Å²) in [5.74, 6) is 0. The lowest BCUT2D eigenvalue weighted by atomic mass is 10.2. The molecule has 0 spiro atoms. The monoisotopic (exact) mass is 323 g/mol. The second-order valence-corrected chi connectivity index (χ2v) is 5.32. The molecule has 3 aromatic rings.